The summed E-state index contributed by atoms with van der Waals surface area (Å²) >= 11 is 2.04. The summed E-state index contributed by atoms with van der Waals surface area (Å²) in [5.74, 6) is -2.85. The predicted molar refractivity (Wildman–Crippen MR) is 148 cm³/mol. The third-order valence-electron chi connectivity index (χ3n) is 6.77. The van der Waals surface area contributed by atoms with Crippen LogP contribution in [-0.4, -0.2) is 37.4 Å². The van der Waals surface area contributed by atoms with Crippen molar-refractivity contribution in [3.63, 3.8) is 0 Å². The van der Waals surface area contributed by atoms with Crippen LogP contribution in [0.3, 0.4) is 0 Å². The van der Waals surface area contributed by atoms with Crippen LogP contribution in [0.15, 0.2) is 88.9 Å². The highest BCUT2D eigenvalue weighted by Gasteiger charge is 2.57. The molecule has 0 radical (unpaired) electrons. The minimum Gasteiger partial charge on any atom is -0.325 e. The molecule has 0 spiro atoms. The molecule has 1 saturated heterocycles. The van der Waals surface area contributed by atoms with E-state index in [2.05, 4.69) is 10.3 Å². The second kappa shape index (κ2) is 10.2. The van der Waals surface area contributed by atoms with E-state index in [4.69, 9.17) is 0 Å². The van der Waals surface area contributed by atoms with Gasteiger partial charge in [-0.15, -0.1) is 0 Å². The van der Waals surface area contributed by atoms with Crippen LogP contribution in [0.1, 0.15) is 16.4 Å². The fourth-order valence-electron chi connectivity index (χ4n) is 5.02. The molecular formula is C27H19N5O6S2. The molecule has 0 saturated carbocycles. The number of para-hydroxylation sites is 1. The summed E-state index contributed by atoms with van der Waals surface area (Å²) in [6, 6.07) is 17.6. The molecule has 0 aliphatic carbocycles. The molecule has 2 aromatic heterocycles. The van der Waals surface area contributed by atoms with E-state index in [1.807, 2.05) is 6.07 Å². The molecule has 1 fully saturated rings. The maximum absolute atomic E-state index is 13.8. The van der Waals surface area contributed by atoms with Gasteiger partial charge >= 0.3 is 4.87 Å². The smallest absolute Gasteiger partial charge is 0.308 e. The van der Waals surface area contributed by atoms with E-state index in [0.717, 1.165) is 28.0 Å². The Bertz CT molecular complexity index is 1700. The van der Waals surface area contributed by atoms with Gasteiger partial charge in [0.1, 0.15) is 11.8 Å². The third-order valence-corrected chi connectivity index (χ3v) is 9.37. The van der Waals surface area contributed by atoms with E-state index < -0.39 is 39.7 Å². The van der Waals surface area contributed by atoms with Crippen molar-refractivity contribution in [2.75, 3.05) is 10.2 Å². The van der Waals surface area contributed by atoms with Crippen molar-refractivity contribution in [3.05, 3.63) is 109 Å². The number of hydrogen-bond acceptors (Lipinski definition) is 9. The van der Waals surface area contributed by atoms with Gasteiger partial charge in [-0.05, 0) is 35.9 Å². The highest BCUT2D eigenvalue weighted by Crippen LogP contribution is 2.53. The Morgan fingerprint density at radius 3 is 2.42 bits per heavy atom. The number of fused-ring (bicyclic) bond motifs is 2. The number of nitro benzene ring substituents is 1. The number of thiazole rings is 1. The molecule has 2 aliphatic rings. The number of benzene rings is 2. The molecule has 6 rings (SSSR count). The maximum Gasteiger partial charge on any atom is 0.308 e. The number of imide groups is 1. The van der Waals surface area contributed by atoms with Crippen LogP contribution >= 0.6 is 23.1 Å². The maximum atomic E-state index is 13.8. The van der Waals surface area contributed by atoms with Gasteiger partial charge in [0.25, 0.3) is 5.69 Å². The Morgan fingerprint density at radius 1 is 1.00 bits per heavy atom. The molecule has 3 amide bonds. The SMILES string of the molecule is O=C(Cn1c2c(sc1=O)[C@@H](c1cccnc1)C1C(=O)N(c3ccc([N+](=O)[O-])cc3)C(=O)C1S2)Nc1ccccc1. The summed E-state index contributed by atoms with van der Waals surface area (Å²) < 4.78 is 1.34. The van der Waals surface area contributed by atoms with E-state index in [9.17, 15) is 29.3 Å². The normalized spacial score (nSPS) is 19.7. The molecule has 40 heavy (non-hydrogen) atoms. The van der Waals surface area contributed by atoms with E-state index in [1.165, 1.54) is 28.8 Å². The summed E-state index contributed by atoms with van der Waals surface area (Å²) in [4.78, 5) is 69.6. The molecule has 11 nitrogen and oxygen atoms in total. The van der Waals surface area contributed by atoms with Crippen LogP contribution < -0.4 is 15.1 Å². The van der Waals surface area contributed by atoms with Gasteiger partial charge in [0, 0.05) is 41.0 Å². The van der Waals surface area contributed by atoms with Crippen molar-refractivity contribution in [3.8, 4) is 0 Å². The highest BCUT2D eigenvalue weighted by molar-refractivity contribution is 8.00. The summed E-state index contributed by atoms with van der Waals surface area (Å²) in [5.41, 5.74) is 1.31. The first kappa shape index (κ1) is 25.6. The zero-order valence-corrected chi connectivity index (χ0v) is 22.1. The van der Waals surface area contributed by atoms with E-state index in [-0.39, 0.29) is 22.8 Å². The number of aromatic nitrogens is 2. The minimum atomic E-state index is -0.877. The summed E-state index contributed by atoms with van der Waals surface area (Å²) in [6.45, 7) is -0.266. The van der Waals surface area contributed by atoms with Crippen LogP contribution in [0.5, 0.6) is 0 Å². The molecule has 2 aromatic carbocycles. The first-order valence-corrected chi connectivity index (χ1v) is 13.8. The number of thioether (sulfide) groups is 1. The lowest BCUT2D eigenvalue weighted by atomic mass is 9.84. The molecule has 3 atom stereocenters. The first-order chi connectivity index (χ1) is 19.3. The predicted octanol–water partition coefficient (Wildman–Crippen LogP) is 3.65. The van der Waals surface area contributed by atoms with Gasteiger partial charge in [-0.1, -0.05) is 47.4 Å². The summed E-state index contributed by atoms with van der Waals surface area (Å²) in [7, 11) is 0. The lowest BCUT2D eigenvalue weighted by Gasteiger charge is -2.30. The third kappa shape index (κ3) is 4.38. The second-order valence-electron chi connectivity index (χ2n) is 9.15. The Hall–Kier alpha value is -4.62. The quantitative estimate of drug-likeness (QED) is 0.209. The van der Waals surface area contributed by atoms with Crippen molar-refractivity contribution < 1.29 is 19.3 Å². The van der Waals surface area contributed by atoms with Gasteiger partial charge in [0.05, 0.1) is 21.6 Å². The number of nitrogens with zero attached hydrogens (tertiary/aromatic N) is 4. The van der Waals surface area contributed by atoms with Gasteiger partial charge in [-0.25, -0.2) is 4.90 Å². The van der Waals surface area contributed by atoms with Crippen molar-refractivity contribution in [2.24, 2.45) is 5.92 Å². The van der Waals surface area contributed by atoms with Crippen LogP contribution in [0.2, 0.25) is 0 Å². The van der Waals surface area contributed by atoms with E-state index in [0.29, 0.717) is 21.2 Å². The molecule has 13 heteroatoms. The molecule has 0 bridgehead atoms. The van der Waals surface area contributed by atoms with E-state index in [1.54, 1.807) is 48.8 Å². The fourth-order valence-corrected chi connectivity index (χ4v) is 7.79. The monoisotopic (exact) mass is 573 g/mol. The van der Waals surface area contributed by atoms with Crippen molar-refractivity contribution in [2.45, 2.75) is 22.7 Å². The number of anilines is 2. The van der Waals surface area contributed by atoms with Crippen molar-refractivity contribution in [1.82, 2.24) is 9.55 Å². The number of nitrogens with one attached hydrogen (secondary N) is 1. The topological polar surface area (TPSA) is 145 Å². The fraction of sp³-hybridized carbons (Fsp3) is 0.148. The molecular weight excluding hydrogens is 554 g/mol. The Kier molecular flexibility index (Phi) is 6.52. The lowest BCUT2D eigenvalue weighted by molar-refractivity contribution is -0.384. The second-order valence-corrected chi connectivity index (χ2v) is 11.3. The van der Waals surface area contributed by atoms with Gasteiger partial charge < -0.3 is 5.32 Å². The molecule has 1 N–H and O–H groups in total. The van der Waals surface area contributed by atoms with Crippen LogP contribution in [0, 0.1) is 16.0 Å². The molecule has 2 unspecified atom stereocenters. The van der Waals surface area contributed by atoms with Crippen LogP contribution in [0.4, 0.5) is 17.1 Å². The van der Waals surface area contributed by atoms with Gasteiger partial charge in [-0.2, -0.15) is 0 Å². The average molecular weight is 574 g/mol. The van der Waals surface area contributed by atoms with Gasteiger partial charge in [-0.3, -0.25) is 38.8 Å². The molecule has 2 aliphatic heterocycles. The van der Waals surface area contributed by atoms with Crippen molar-refractivity contribution in [1.29, 1.82) is 0 Å². The Labute approximate surface area is 234 Å². The largest absolute Gasteiger partial charge is 0.325 e. The molecule has 4 aromatic rings. The Morgan fingerprint density at radius 2 is 1.75 bits per heavy atom. The van der Waals surface area contributed by atoms with Gasteiger partial charge in [0.15, 0.2) is 0 Å². The van der Waals surface area contributed by atoms with Gasteiger partial charge in [0.2, 0.25) is 17.7 Å². The number of hydrogen-bond donors (Lipinski definition) is 1. The zero-order valence-electron chi connectivity index (χ0n) is 20.5. The molecule has 4 heterocycles. The number of carbonyl (C=O) groups is 3. The summed E-state index contributed by atoms with van der Waals surface area (Å²) in [6.07, 6.45) is 3.19. The number of nitro groups is 1. The molecule has 200 valence electrons. The summed E-state index contributed by atoms with van der Waals surface area (Å²) in [5, 5.41) is 13.4. The number of rotatable bonds is 6. The Balaban J connectivity index is 1.39. The minimum absolute atomic E-state index is 0.164. The first-order valence-electron chi connectivity index (χ1n) is 12.1. The number of non-ortho nitro benzene ring substituents is 1. The van der Waals surface area contributed by atoms with Crippen LogP contribution in [-0.2, 0) is 20.9 Å². The number of pyridine rings is 1. The lowest BCUT2D eigenvalue weighted by Crippen LogP contribution is -2.33. The number of amides is 3. The average Bonchev–Trinajstić information content (AvgIpc) is 3.40. The highest BCUT2D eigenvalue weighted by atomic mass is 32.2. The van der Waals surface area contributed by atoms with Crippen molar-refractivity contribution >= 4 is 57.9 Å². The number of carbonyl (C=O) groups excluding carboxylic acids is 3. The zero-order chi connectivity index (χ0) is 28.0. The standard InChI is InChI=1S/C27H19N5O6S2/c33-19(29-16-6-2-1-3-7-16)14-30-26-23(40-27(30)36)20(15-5-4-12-28-13-15)21-22(39-26)25(35)31(24(21)34)17-8-10-18(11-9-17)32(37)38/h1-13,20-22H,14H2,(H,29,33)/t20-,21?,22?/m0/s1. The van der Waals surface area contributed by atoms with Crippen LogP contribution in [0.25, 0.3) is 0 Å². The van der Waals surface area contributed by atoms with E-state index >= 15 is 0 Å².